The maximum atomic E-state index is 13.2. The molecule has 1 aliphatic rings. The van der Waals surface area contributed by atoms with Crippen LogP contribution < -0.4 is 5.32 Å². The van der Waals surface area contributed by atoms with Gasteiger partial charge in [0, 0.05) is 12.6 Å². The van der Waals surface area contributed by atoms with Gasteiger partial charge in [0.25, 0.3) is 0 Å². The summed E-state index contributed by atoms with van der Waals surface area (Å²) in [5.41, 5.74) is -0.963. The van der Waals surface area contributed by atoms with E-state index in [9.17, 15) is 4.39 Å². The second kappa shape index (κ2) is 2.50. The van der Waals surface area contributed by atoms with Gasteiger partial charge >= 0.3 is 0 Å². The average molecular weight is 145 g/mol. The van der Waals surface area contributed by atoms with Gasteiger partial charge in [-0.25, -0.2) is 4.39 Å². The SMILES string of the molecule is CC(C)C1CC(C)(F)CN1. The molecule has 2 atom stereocenters. The van der Waals surface area contributed by atoms with Crippen LogP contribution in [0.4, 0.5) is 4.39 Å². The highest BCUT2D eigenvalue weighted by molar-refractivity contribution is 4.92. The van der Waals surface area contributed by atoms with E-state index in [1.807, 2.05) is 0 Å². The van der Waals surface area contributed by atoms with Gasteiger partial charge in [-0.2, -0.15) is 0 Å². The van der Waals surface area contributed by atoms with Crippen molar-refractivity contribution in [2.45, 2.75) is 38.9 Å². The summed E-state index contributed by atoms with van der Waals surface area (Å²) >= 11 is 0. The number of rotatable bonds is 1. The minimum Gasteiger partial charge on any atom is -0.310 e. The Kier molecular flexibility index (Phi) is 1.99. The molecule has 1 N–H and O–H groups in total. The van der Waals surface area contributed by atoms with E-state index < -0.39 is 5.67 Å². The first kappa shape index (κ1) is 7.99. The molecular weight excluding hydrogens is 129 g/mol. The van der Waals surface area contributed by atoms with Crippen LogP contribution in [-0.4, -0.2) is 18.3 Å². The molecule has 0 aliphatic carbocycles. The van der Waals surface area contributed by atoms with E-state index in [0.717, 1.165) is 0 Å². The van der Waals surface area contributed by atoms with Crippen molar-refractivity contribution in [2.24, 2.45) is 5.92 Å². The fraction of sp³-hybridized carbons (Fsp3) is 1.00. The van der Waals surface area contributed by atoms with Crippen molar-refractivity contribution in [3.63, 3.8) is 0 Å². The number of nitrogens with one attached hydrogen (secondary N) is 1. The van der Waals surface area contributed by atoms with Crippen LogP contribution in [0.2, 0.25) is 0 Å². The molecule has 10 heavy (non-hydrogen) atoms. The molecule has 0 bridgehead atoms. The molecule has 1 fully saturated rings. The van der Waals surface area contributed by atoms with E-state index in [1.54, 1.807) is 6.92 Å². The third-order valence-electron chi connectivity index (χ3n) is 2.18. The zero-order chi connectivity index (χ0) is 7.78. The maximum absolute atomic E-state index is 13.2. The Labute approximate surface area is 62.0 Å². The molecule has 1 nitrogen and oxygen atoms in total. The first-order valence-corrected chi connectivity index (χ1v) is 3.93. The lowest BCUT2D eigenvalue weighted by Crippen LogP contribution is -2.26. The van der Waals surface area contributed by atoms with E-state index in [2.05, 4.69) is 19.2 Å². The molecule has 2 heteroatoms. The lowest BCUT2D eigenvalue weighted by molar-refractivity contribution is 0.210. The summed E-state index contributed by atoms with van der Waals surface area (Å²) in [6.07, 6.45) is 0.671. The van der Waals surface area contributed by atoms with Gasteiger partial charge in [-0.15, -0.1) is 0 Å². The third kappa shape index (κ3) is 1.69. The van der Waals surface area contributed by atoms with Gasteiger partial charge in [0.05, 0.1) is 0 Å². The third-order valence-corrected chi connectivity index (χ3v) is 2.18. The fourth-order valence-electron chi connectivity index (χ4n) is 1.42. The highest BCUT2D eigenvalue weighted by atomic mass is 19.1. The lowest BCUT2D eigenvalue weighted by Gasteiger charge is -2.14. The van der Waals surface area contributed by atoms with Crippen molar-refractivity contribution in [2.75, 3.05) is 6.54 Å². The van der Waals surface area contributed by atoms with Crippen molar-refractivity contribution >= 4 is 0 Å². The molecule has 0 aromatic heterocycles. The Morgan fingerprint density at radius 1 is 1.60 bits per heavy atom. The minimum atomic E-state index is -0.963. The summed E-state index contributed by atoms with van der Waals surface area (Å²) in [6, 6.07) is 0.384. The van der Waals surface area contributed by atoms with E-state index in [-0.39, 0.29) is 0 Å². The normalized spacial score (nSPS) is 41.1. The molecular formula is C8H16FN. The zero-order valence-electron chi connectivity index (χ0n) is 6.95. The molecule has 2 unspecified atom stereocenters. The molecule has 1 heterocycles. The highest BCUT2D eigenvalue weighted by Gasteiger charge is 2.35. The van der Waals surface area contributed by atoms with Crippen LogP contribution in [0.1, 0.15) is 27.2 Å². The van der Waals surface area contributed by atoms with Crippen LogP contribution in [0, 0.1) is 5.92 Å². The first-order valence-electron chi connectivity index (χ1n) is 3.93. The Hall–Kier alpha value is -0.110. The topological polar surface area (TPSA) is 12.0 Å². The van der Waals surface area contributed by atoms with Crippen molar-refractivity contribution in [3.05, 3.63) is 0 Å². The second-order valence-corrected chi connectivity index (χ2v) is 3.85. The van der Waals surface area contributed by atoms with Crippen LogP contribution >= 0.6 is 0 Å². The molecule has 1 saturated heterocycles. The minimum absolute atomic E-state index is 0.384. The van der Waals surface area contributed by atoms with Crippen LogP contribution in [0.25, 0.3) is 0 Å². The monoisotopic (exact) mass is 145 g/mol. The Morgan fingerprint density at radius 3 is 2.40 bits per heavy atom. The Morgan fingerprint density at radius 2 is 2.20 bits per heavy atom. The summed E-state index contributed by atoms with van der Waals surface area (Å²) in [5.74, 6) is 0.553. The van der Waals surface area contributed by atoms with Crippen molar-refractivity contribution in [1.29, 1.82) is 0 Å². The molecule has 0 saturated carbocycles. The molecule has 0 radical (unpaired) electrons. The summed E-state index contributed by atoms with van der Waals surface area (Å²) in [6.45, 7) is 6.44. The molecule has 0 amide bonds. The van der Waals surface area contributed by atoms with Crippen molar-refractivity contribution in [3.8, 4) is 0 Å². The summed E-state index contributed by atoms with van der Waals surface area (Å²) in [5, 5.41) is 3.17. The largest absolute Gasteiger partial charge is 0.310 e. The van der Waals surface area contributed by atoms with Crippen LogP contribution in [0.5, 0.6) is 0 Å². The van der Waals surface area contributed by atoms with Gasteiger partial charge in [-0.05, 0) is 19.3 Å². The molecule has 60 valence electrons. The van der Waals surface area contributed by atoms with Gasteiger partial charge in [0.1, 0.15) is 5.67 Å². The Bertz CT molecular complexity index is 120. The van der Waals surface area contributed by atoms with Crippen LogP contribution in [0.15, 0.2) is 0 Å². The van der Waals surface area contributed by atoms with E-state index >= 15 is 0 Å². The second-order valence-electron chi connectivity index (χ2n) is 3.85. The van der Waals surface area contributed by atoms with Gasteiger partial charge < -0.3 is 5.32 Å². The predicted octanol–water partition coefficient (Wildman–Crippen LogP) is 1.73. The lowest BCUT2D eigenvalue weighted by atomic mass is 9.97. The summed E-state index contributed by atoms with van der Waals surface area (Å²) < 4.78 is 13.2. The number of hydrogen-bond donors (Lipinski definition) is 1. The molecule has 1 rings (SSSR count). The predicted molar refractivity (Wildman–Crippen MR) is 40.8 cm³/mol. The van der Waals surface area contributed by atoms with Crippen LogP contribution in [0.3, 0.4) is 0 Å². The van der Waals surface area contributed by atoms with Gasteiger partial charge in [0.2, 0.25) is 0 Å². The number of halogens is 1. The molecule has 0 aromatic rings. The average Bonchev–Trinajstić information content (AvgIpc) is 2.10. The highest BCUT2D eigenvalue weighted by Crippen LogP contribution is 2.26. The number of hydrogen-bond acceptors (Lipinski definition) is 1. The van der Waals surface area contributed by atoms with Gasteiger partial charge in [-0.3, -0.25) is 0 Å². The number of alkyl halides is 1. The van der Waals surface area contributed by atoms with Crippen LogP contribution in [-0.2, 0) is 0 Å². The van der Waals surface area contributed by atoms with Crippen molar-refractivity contribution < 1.29 is 4.39 Å². The van der Waals surface area contributed by atoms with E-state index in [4.69, 9.17) is 0 Å². The maximum Gasteiger partial charge on any atom is 0.122 e. The summed E-state index contributed by atoms with van der Waals surface area (Å²) in [4.78, 5) is 0. The van der Waals surface area contributed by atoms with Gasteiger partial charge in [0.15, 0.2) is 0 Å². The first-order chi connectivity index (χ1) is 4.51. The summed E-state index contributed by atoms with van der Waals surface area (Å²) in [7, 11) is 0. The quantitative estimate of drug-likeness (QED) is 0.592. The van der Waals surface area contributed by atoms with Gasteiger partial charge in [-0.1, -0.05) is 13.8 Å². The standard InChI is InChI=1S/C8H16FN/c1-6(2)7-4-8(3,9)5-10-7/h6-7,10H,4-5H2,1-3H3. The van der Waals surface area contributed by atoms with E-state index in [1.165, 1.54) is 0 Å². The molecule has 0 aromatic carbocycles. The smallest absolute Gasteiger partial charge is 0.122 e. The fourth-order valence-corrected chi connectivity index (χ4v) is 1.42. The molecule has 0 spiro atoms. The zero-order valence-corrected chi connectivity index (χ0v) is 6.95. The molecule has 1 aliphatic heterocycles. The van der Waals surface area contributed by atoms with Crippen molar-refractivity contribution in [1.82, 2.24) is 5.32 Å². The Balaban J connectivity index is 2.43. The van der Waals surface area contributed by atoms with E-state index in [0.29, 0.717) is 24.9 Å².